The minimum atomic E-state index is -0.201. The SMILES string of the molecule is CCC(=O)c1c(C(=O)c2ccccc2)cccc1C1CNCCO1. The van der Waals surface area contributed by atoms with E-state index in [1.54, 1.807) is 18.2 Å². The highest BCUT2D eigenvalue weighted by Crippen LogP contribution is 2.28. The van der Waals surface area contributed by atoms with Crippen molar-refractivity contribution in [1.82, 2.24) is 5.32 Å². The fraction of sp³-hybridized carbons (Fsp3) is 0.300. The Morgan fingerprint density at radius 3 is 2.58 bits per heavy atom. The molecule has 2 aromatic carbocycles. The Balaban J connectivity index is 2.08. The summed E-state index contributed by atoms with van der Waals surface area (Å²) in [5, 5.41) is 3.28. The molecule has 0 amide bonds. The second-order valence-electron chi connectivity index (χ2n) is 5.81. The van der Waals surface area contributed by atoms with E-state index in [1.807, 2.05) is 37.3 Å². The highest BCUT2D eigenvalue weighted by molar-refractivity contribution is 6.16. The van der Waals surface area contributed by atoms with Gasteiger partial charge in [0.05, 0.1) is 12.7 Å². The van der Waals surface area contributed by atoms with Gasteiger partial charge < -0.3 is 10.1 Å². The average molecular weight is 323 g/mol. The predicted molar refractivity (Wildman–Crippen MR) is 92.5 cm³/mol. The summed E-state index contributed by atoms with van der Waals surface area (Å²) in [6.45, 7) is 3.86. The van der Waals surface area contributed by atoms with E-state index in [2.05, 4.69) is 5.32 Å². The molecule has 0 spiro atoms. The van der Waals surface area contributed by atoms with Crippen LogP contribution in [-0.4, -0.2) is 31.3 Å². The van der Waals surface area contributed by atoms with Crippen molar-refractivity contribution in [3.63, 3.8) is 0 Å². The number of benzene rings is 2. The van der Waals surface area contributed by atoms with Gasteiger partial charge in [0, 0.05) is 36.2 Å². The molecule has 124 valence electrons. The van der Waals surface area contributed by atoms with E-state index < -0.39 is 0 Å². The molecule has 24 heavy (non-hydrogen) atoms. The molecular weight excluding hydrogens is 302 g/mol. The summed E-state index contributed by atoms with van der Waals surface area (Å²) in [5.41, 5.74) is 2.35. The molecule has 2 aromatic rings. The van der Waals surface area contributed by atoms with E-state index >= 15 is 0 Å². The second-order valence-corrected chi connectivity index (χ2v) is 5.81. The number of hydrogen-bond donors (Lipinski definition) is 1. The fourth-order valence-electron chi connectivity index (χ4n) is 3.03. The van der Waals surface area contributed by atoms with Crippen molar-refractivity contribution in [1.29, 1.82) is 0 Å². The number of Topliss-reactive ketones (excluding diaryl/α,β-unsaturated/α-hetero) is 1. The Hall–Kier alpha value is -2.30. The molecule has 0 bridgehead atoms. The lowest BCUT2D eigenvalue weighted by Gasteiger charge is -2.26. The predicted octanol–water partition coefficient (Wildman–Crippen LogP) is 3.17. The molecule has 1 aliphatic rings. The third kappa shape index (κ3) is 3.30. The molecule has 1 aliphatic heterocycles. The molecule has 1 atom stereocenters. The van der Waals surface area contributed by atoms with Crippen LogP contribution in [0.3, 0.4) is 0 Å². The third-order valence-electron chi connectivity index (χ3n) is 4.25. The lowest BCUT2D eigenvalue weighted by atomic mass is 9.89. The first kappa shape index (κ1) is 16.6. The normalized spacial score (nSPS) is 17.5. The number of carbonyl (C=O) groups excluding carboxylic acids is 2. The van der Waals surface area contributed by atoms with Crippen molar-refractivity contribution in [3.8, 4) is 0 Å². The lowest BCUT2D eigenvalue weighted by molar-refractivity contribution is 0.0270. The van der Waals surface area contributed by atoms with Crippen molar-refractivity contribution in [2.75, 3.05) is 19.7 Å². The van der Waals surface area contributed by atoms with E-state index in [0.717, 1.165) is 12.1 Å². The average Bonchev–Trinajstić information content (AvgIpc) is 2.67. The first-order valence-electron chi connectivity index (χ1n) is 8.30. The van der Waals surface area contributed by atoms with Gasteiger partial charge in [-0.1, -0.05) is 55.5 Å². The van der Waals surface area contributed by atoms with Gasteiger partial charge in [-0.3, -0.25) is 9.59 Å². The van der Waals surface area contributed by atoms with Crippen LogP contribution in [0, 0.1) is 0 Å². The van der Waals surface area contributed by atoms with Gasteiger partial charge in [-0.2, -0.15) is 0 Å². The van der Waals surface area contributed by atoms with Crippen LogP contribution in [0.1, 0.15) is 51.3 Å². The topological polar surface area (TPSA) is 55.4 Å². The van der Waals surface area contributed by atoms with E-state index in [1.165, 1.54) is 0 Å². The molecule has 1 N–H and O–H groups in total. The lowest BCUT2D eigenvalue weighted by Crippen LogP contribution is -2.34. The van der Waals surface area contributed by atoms with E-state index in [-0.39, 0.29) is 17.7 Å². The maximum absolute atomic E-state index is 12.9. The van der Waals surface area contributed by atoms with E-state index in [0.29, 0.717) is 36.3 Å². The number of hydrogen-bond acceptors (Lipinski definition) is 4. The van der Waals surface area contributed by atoms with Gasteiger partial charge in [0.2, 0.25) is 0 Å². The van der Waals surface area contributed by atoms with Gasteiger partial charge in [-0.15, -0.1) is 0 Å². The molecule has 0 radical (unpaired) electrons. The number of ketones is 2. The fourth-order valence-corrected chi connectivity index (χ4v) is 3.03. The van der Waals surface area contributed by atoms with Gasteiger partial charge >= 0.3 is 0 Å². The van der Waals surface area contributed by atoms with Gasteiger partial charge in [0.1, 0.15) is 0 Å². The van der Waals surface area contributed by atoms with Crippen LogP contribution >= 0.6 is 0 Å². The van der Waals surface area contributed by atoms with Crippen LogP contribution in [-0.2, 0) is 4.74 Å². The largest absolute Gasteiger partial charge is 0.371 e. The maximum Gasteiger partial charge on any atom is 0.193 e. The molecule has 0 saturated carbocycles. The maximum atomic E-state index is 12.9. The van der Waals surface area contributed by atoms with Crippen LogP contribution in [0.4, 0.5) is 0 Å². The van der Waals surface area contributed by atoms with Crippen molar-refractivity contribution < 1.29 is 14.3 Å². The molecule has 4 heteroatoms. The zero-order chi connectivity index (χ0) is 16.9. The summed E-state index contributed by atoms with van der Waals surface area (Å²) in [4.78, 5) is 25.5. The Morgan fingerprint density at radius 1 is 1.12 bits per heavy atom. The Morgan fingerprint density at radius 2 is 1.92 bits per heavy atom. The summed E-state index contributed by atoms with van der Waals surface area (Å²) in [7, 11) is 0. The molecule has 0 aromatic heterocycles. The number of morpholine rings is 1. The summed E-state index contributed by atoms with van der Waals surface area (Å²) in [6.07, 6.45) is 0.152. The summed E-state index contributed by atoms with van der Waals surface area (Å²) >= 11 is 0. The van der Waals surface area contributed by atoms with Crippen molar-refractivity contribution in [2.45, 2.75) is 19.4 Å². The molecule has 1 fully saturated rings. The highest BCUT2D eigenvalue weighted by Gasteiger charge is 2.26. The van der Waals surface area contributed by atoms with Crippen LogP contribution in [0.15, 0.2) is 48.5 Å². The Bertz CT molecular complexity index is 734. The Kier molecular flexibility index (Phi) is 5.18. The molecular formula is C20H21NO3. The first-order chi connectivity index (χ1) is 11.7. The van der Waals surface area contributed by atoms with Crippen LogP contribution in [0.5, 0.6) is 0 Å². The van der Waals surface area contributed by atoms with Gasteiger partial charge in [-0.05, 0) is 5.56 Å². The minimum absolute atomic E-state index is 0.0287. The van der Waals surface area contributed by atoms with Gasteiger partial charge in [0.15, 0.2) is 11.6 Å². The summed E-state index contributed by atoms with van der Waals surface area (Å²) in [6, 6.07) is 14.5. The smallest absolute Gasteiger partial charge is 0.193 e. The van der Waals surface area contributed by atoms with Gasteiger partial charge in [-0.25, -0.2) is 0 Å². The van der Waals surface area contributed by atoms with Crippen molar-refractivity contribution >= 4 is 11.6 Å². The molecule has 0 aliphatic carbocycles. The zero-order valence-corrected chi connectivity index (χ0v) is 13.7. The van der Waals surface area contributed by atoms with Crippen LogP contribution in [0.25, 0.3) is 0 Å². The molecule has 1 saturated heterocycles. The summed E-state index contributed by atoms with van der Waals surface area (Å²) < 4.78 is 5.81. The quantitative estimate of drug-likeness (QED) is 0.859. The van der Waals surface area contributed by atoms with E-state index in [4.69, 9.17) is 4.74 Å². The second kappa shape index (κ2) is 7.51. The third-order valence-corrected chi connectivity index (χ3v) is 4.25. The molecule has 3 rings (SSSR count). The standard InChI is InChI=1S/C20H21NO3/c1-2-17(22)19-15(18-13-21-11-12-24-18)9-6-10-16(19)20(23)14-7-4-3-5-8-14/h3-10,18,21H,2,11-13H2,1H3. The number of rotatable bonds is 5. The molecule has 1 unspecified atom stereocenters. The molecule has 1 heterocycles. The molecule has 4 nitrogen and oxygen atoms in total. The van der Waals surface area contributed by atoms with Crippen molar-refractivity contribution in [2.24, 2.45) is 0 Å². The summed E-state index contributed by atoms with van der Waals surface area (Å²) in [5.74, 6) is -0.155. The number of nitrogens with one attached hydrogen (secondary N) is 1. The van der Waals surface area contributed by atoms with Crippen molar-refractivity contribution in [3.05, 3.63) is 70.8 Å². The number of carbonyl (C=O) groups is 2. The van der Waals surface area contributed by atoms with Crippen LogP contribution < -0.4 is 5.32 Å². The van der Waals surface area contributed by atoms with E-state index in [9.17, 15) is 9.59 Å². The number of ether oxygens (including phenoxy) is 1. The zero-order valence-electron chi connectivity index (χ0n) is 13.7. The Labute approximate surface area is 141 Å². The van der Waals surface area contributed by atoms with Crippen LogP contribution in [0.2, 0.25) is 0 Å². The van der Waals surface area contributed by atoms with Gasteiger partial charge in [0.25, 0.3) is 0 Å². The minimum Gasteiger partial charge on any atom is -0.371 e. The first-order valence-corrected chi connectivity index (χ1v) is 8.30. The highest BCUT2D eigenvalue weighted by atomic mass is 16.5. The monoisotopic (exact) mass is 323 g/mol.